The van der Waals surface area contributed by atoms with Gasteiger partial charge in [0.25, 0.3) is 0 Å². The van der Waals surface area contributed by atoms with E-state index in [0.29, 0.717) is 18.7 Å². The molecule has 5 heteroatoms. The zero-order chi connectivity index (χ0) is 17.2. The topological polar surface area (TPSA) is 65.0 Å². The van der Waals surface area contributed by atoms with Crippen LogP contribution in [0.3, 0.4) is 0 Å². The van der Waals surface area contributed by atoms with Gasteiger partial charge < -0.3 is 9.47 Å². The maximum atomic E-state index is 13.4. The first kappa shape index (κ1) is 16.6. The Labute approximate surface area is 141 Å². The molecular weight excluding hydrogens is 306 g/mol. The van der Waals surface area contributed by atoms with E-state index in [4.69, 9.17) is 9.47 Å². The van der Waals surface area contributed by atoms with Gasteiger partial charge in [-0.15, -0.1) is 0 Å². The van der Waals surface area contributed by atoms with Crippen molar-refractivity contribution in [3.8, 4) is 0 Å². The van der Waals surface area contributed by atoms with E-state index in [1.165, 1.54) is 0 Å². The molecule has 2 bridgehead atoms. The number of fused-ring (bicyclic) bond motifs is 2. The number of esters is 1. The summed E-state index contributed by atoms with van der Waals surface area (Å²) >= 11 is 0. The number of aliphatic imine (C=N–C) groups is 1. The number of benzene rings is 1. The quantitative estimate of drug-likeness (QED) is 0.474. The van der Waals surface area contributed by atoms with Gasteiger partial charge in [-0.3, -0.25) is 9.59 Å². The van der Waals surface area contributed by atoms with Crippen LogP contribution < -0.4 is 0 Å². The van der Waals surface area contributed by atoms with Gasteiger partial charge in [0.1, 0.15) is 0 Å². The van der Waals surface area contributed by atoms with Crippen LogP contribution in [0.25, 0.3) is 0 Å². The van der Waals surface area contributed by atoms with Crippen molar-refractivity contribution in [1.82, 2.24) is 0 Å². The molecule has 24 heavy (non-hydrogen) atoms. The van der Waals surface area contributed by atoms with Crippen LogP contribution in [0.4, 0.5) is 0 Å². The van der Waals surface area contributed by atoms with Crippen LogP contribution in [-0.4, -0.2) is 36.4 Å². The highest BCUT2D eigenvalue weighted by Crippen LogP contribution is 2.46. The van der Waals surface area contributed by atoms with E-state index in [1.54, 1.807) is 6.92 Å². The van der Waals surface area contributed by atoms with Crippen molar-refractivity contribution in [3.63, 3.8) is 0 Å². The molecule has 0 unspecified atom stereocenters. The Morgan fingerprint density at radius 1 is 1.12 bits per heavy atom. The third-order valence-electron chi connectivity index (χ3n) is 4.48. The highest BCUT2D eigenvalue weighted by atomic mass is 16.5. The highest BCUT2D eigenvalue weighted by Gasteiger charge is 2.64. The number of nitrogens with zero attached hydrogens (tertiary/aromatic N) is 1. The molecule has 0 aromatic heterocycles. The average Bonchev–Trinajstić information content (AvgIpc) is 2.73. The second-order valence-electron chi connectivity index (χ2n) is 5.88. The summed E-state index contributed by atoms with van der Waals surface area (Å²) in [6.07, 6.45) is 4.29. The van der Waals surface area contributed by atoms with Crippen LogP contribution in [0.15, 0.2) is 47.5 Å². The van der Waals surface area contributed by atoms with Crippen LogP contribution in [0, 0.1) is 5.41 Å². The molecule has 0 fully saturated rings. The molecule has 0 saturated heterocycles. The summed E-state index contributed by atoms with van der Waals surface area (Å²) < 4.78 is 11.0. The summed E-state index contributed by atoms with van der Waals surface area (Å²) in [4.78, 5) is 30.9. The zero-order valence-electron chi connectivity index (χ0n) is 14.0. The Balaban J connectivity index is 2.21. The molecule has 0 amide bonds. The fraction of sp³-hybridized carbons (Fsp3) is 0.421. The van der Waals surface area contributed by atoms with Crippen molar-refractivity contribution in [2.24, 2.45) is 10.4 Å². The molecule has 2 atom stereocenters. The summed E-state index contributed by atoms with van der Waals surface area (Å²) in [6, 6.07) is 9.32. The molecule has 126 valence electrons. The minimum Gasteiger partial charge on any atom is -0.465 e. The Hall–Kier alpha value is -2.27. The number of hydrogen-bond acceptors (Lipinski definition) is 5. The first-order valence-electron chi connectivity index (χ1n) is 8.27. The fourth-order valence-corrected chi connectivity index (χ4v) is 3.43. The fourth-order valence-electron chi connectivity index (χ4n) is 3.43. The SMILES string of the molecule is CCOC(=O)[C@]12CC=CC[C@](OCC)(N=C1c1ccccc1)C2=O. The third-order valence-corrected chi connectivity index (χ3v) is 4.48. The molecule has 1 aliphatic carbocycles. The minimum atomic E-state index is -1.43. The minimum absolute atomic E-state index is 0.210. The normalized spacial score (nSPS) is 28.4. The number of carbonyl (C=O) groups is 2. The molecule has 5 nitrogen and oxygen atoms in total. The van der Waals surface area contributed by atoms with E-state index in [1.807, 2.05) is 49.4 Å². The van der Waals surface area contributed by atoms with Crippen molar-refractivity contribution in [3.05, 3.63) is 48.0 Å². The maximum absolute atomic E-state index is 13.4. The van der Waals surface area contributed by atoms with Crippen molar-refractivity contribution >= 4 is 17.5 Å². The van der Waals surface area contributed by atoms with Crippen molar-refractivity contribution < 1.29 is 19.1 Å². The predicted octanol–water partition coefficient (Wildman–Crippen LogP) is 2.69. The Morgan fingerprint density at radius 3 is 2.50 bits per heavy atom. The number of Topliss-reactive ketones (excluding diaryl/α,β-unsaturated/α-hetero) is 1. The maximum Gasteiger partial charge on any atom is 0.326 e. The third kappa shape index (κ3) is 2.31. The number of allylic oxidation sites excluding steroid dienone is 1. The van der Waals surface area contributed by atoms with E-state index in [0.717, 1.165) is 5.56 Å². The summed E-state index contributed by atoms with van der Waals surface area (Å²) in [5.74, 6) is -0.870. The first-order chi connectivity index (χ1) is 11.6. The van der Waals surface area contributed by atoms with Crippen LogP contribution in [0.5, 0.6) is 0 Å². The Bertz CT molecular complexity index is 709. The standard InChI is InChI=1S/C19H21NO4/c1-3-23-17(22)18-12-8-9-13-19(16(18)21,24-4-2)20-15(18)14-10-6-5-7-11-14/h5-11H,3-4,12-13H2,1-2H3/t18-,19-/m1/s1. The second kappa shape index (κ2) is 6.32. The van der Waals surface area contributed by atoms with Crippen molar-refractivity contribution in [2.75, 3.05) is 13.2 Å². The van der Waals surface area contributed by atoms with Gasteiger partial charge in [0.2, 0.25) is 11.5 Å². The molecule has 1 aliphatic heterocycles. The lowest BCUT2D eigenvalue weighted by Crippen LogP contribution is -2.50. The van der Waals surface area contributed by atoms with Gasteiger partial charge in [-0.25, -0.2) is 4.99 Å². The lowest BCUT2D eigenvalue weighted by Gasteiger charge is -2.28. The van der Waals surface area contributed by atoms with Crippen LogP contribution >= 0.6 is 0 Å². The van der Waals surface area contributed by atoms with Crippen LogP contribution in [0.1, 0.15) is 32.3 Å². The monoisotopic (exact) mass is 327 g/mol. The van der Waals surface area contributed by atoms with Gasteiger partial charge in [0.15, 0.2) is 5.41 Å². The zero-order valence-corrected chi connectivity index (χ0v) is 14.0. The molecule has 2 aliphatic rings. The molecule has 1 heterocycles. The average molecular weight is 327 g/mol. The van der Waals surface area contributed by atoms with Gasteiger partial charge in [-0.1, -0.05) is 42.5 Å². The number of rotatable bonds is 5. The summed E-state index contributed by atoms with van der Waals surface area (Å²) in [6.45, 7) is 4.10. The van der Waals surface area contributed by atoms with Gasteiger partial charge >= 0.3 is 5.97 Å². The number of ketones is 1. The predicted molar refractivity (Wildman–Crippen MR) is 89.8 cm³/mol. The molecule has 0 spiro atoms. The van der Waals surface area contributed by atoms with E-state index in [2.05, 4.69) is 4.99 Å². The summed E-state index contributed by atoms with van der Waals surface area (Å²) in [5, 5.41) is 0. The van der Waals surface area contributed by atoms with Crippen LogP contribution in [0.2, 0.25) is 0 Å². The van der Waals surface area contributed by atoms with Crippen LogP contribution in [-0.2, 0) is 19.1 Å². The molecule has 0 N–H and O–H groups in total. The number of carbonyl (C=O) groups excluding carboxylic acids is 2. The van der Waals surface area contributed by atoms with Gasteiger partial charge in [-0.05, 0) is 25.8 Å². The van der Waals surface area contributed by atoms with E-state index in [-0.39, 0.29) is 18.8 Å². The molecule has 0 saturated carbocycles. The lowest BCUT2D eigenvalue weighted by atomic mass is 9.74. The van der Waals surface area contributed by atoms with Gasteiger partial charge in [-0.2, -0.15) is 0 Å². The van der Waals surface area contributed by atoms with E-state index >= 15 is 0 Å². The highest BCUT2D eigenvalue weighted by molar-refractivity contribution is 6.34. The Kier molecular flexibility index (Phi) is 4.37. The van der Waals surface area contributed by atoms with E-state index in [9.17, 15) is 9.59 Å². The second-order valence-corrected chi connectivity index (χ2v) is 5.88. The largest absolute Gasteiger partial charge is 0.465 e. The number of hydrogen-bond donors (Lipinski definition) is 0. The van der Waals surface area contributed by atoms with Crippen molar-refractivity contribution in [2.45, 2.75) is 32.4 Å². The lowest BCUT2D eigenvalue weighted by molar-refractivity contribution is -0.161. The summed E-state index contributed by atoms with van der Waals surface area (Å²) in [7, 11) is 0. The summed E-state index contributed by atoms with van der Waals surface area (Å²) in [5.41, 5.74) is -1.57. The smallest absolute Gasteiger partial charge is 0.326 e. The Morgan fingerprint density at radius 2 is 1.83 bits per heavy atom. The molecule has 3 rings (SSSR count). The first-order valence-corrected chi connectivity index (χ1v) is 8.27. The molecule has 0 radical (unpaired) electrons. The van der Waals surface area contributed by atoms with Gasteiger partial charge in [0, 0.05) is 13.0 Å². The molecular formula is C19H21NO4. The van der Waals surface area contributed by atoms with E-state index < -0.39 is 17.1 Å². The van der Waals surface area contributed by atoms with Crippen molar-refractivity contribution in [1.29, 1.82) is 0 Å². The molecule has 1 aromatic rings. The molecule has 1 aromatic carbocycles. The van der Waals surface area contributed by atoms with Gasteiger partial charge in [0.05, 0.1) is 12.3 Å². The number of ether oxygens (including phenoxy) is 2.